The Morgan fingerprint density at radius 2 is 1.54 bits per heavy atom. The van der Waals surface area contributed by atoms with Crippen LogP contribution >= 0.6 is 11.6 Å². The molecule has 0 bridgehead atoms. The van der Waals surface area contributed by atoms with Crippen LogP contribution in [0.4, 0.5) is 5.69 Å². The van der Waals surface area contributed by atoms with Crippen LogP contribution in [0.25, 0.3) is 0 Å². The number of anilines is 1. The van der Waals surface area contributed by atoms with Crippen LogP contribution in [0, 0.1) is 0 Å². The highest BCUT2D eigenvalue weighted by Gasteiger charge is 2.35. The van der Waals surface area contributed by atoms with E-state index in [1.165, 1.54) is 37.3 Å². The predicted octanol–water partition coefficient (Wildman–Crippen LogP) is 6.51. The van der Waals surface area contributed by atoms with Crippen molar-refractivity contribution >= 4 is 39.1 Å². The highest BCUT2D eigenvalue weighted by Crippen LogP contribution is 2.33. The van der Waals surface area contributed by atoms with Crippen LogP contribution in [0.2, 0.25) is 5.02 Å². The molecule has 0 aromatic heterocycles. The van der Waals surface area contributed by atoms with Crippen molar-refractivity contribution in [2.75, 3.05) is 38.2 Å². The zero-order valence-corrected chi connectivity index (χ0v) is 30.4. The number of benzene rings is 4. The van der Waals surface area contributed by atoms with Gasteiger partial charge in [0.25, 0.3) is 10.0 Å². The molecule has 0 fully saturated rings. The number of rotatable bonds is 18. The molecule has 10 nitrogen and oxygen atoms in total. The van der Waals surface area contributed by atoms with E-state index >= 15 is 0 Å². The number of halogens is 1. The minimum Gasteiger partial charge on any atom is -0.494 e. The van der Waals surface area contributed by atoms with Gasteiger partial charge < -0.3 is 24.4 Å². The zero-order chi connectivity index (χ0) is 36.1. The van der Waals surface area contributed by atoms with Crippen LogP contribution in [0.15, 0.2) is 102 Å². The van der Waals surface area contributed by atoms with E-state index < -0.39 is 28.5 Å². The van der Waals surface area contributed by atoms with E-state index in [9.17, 15) is 18.0 Å². The first-order valence-electron chi connectivity index (χ1n) is 16.4. The first-order chi connectivity index (χ1) is 24.1. The number of nitrogens with zero attached hydrogens (tertiary/aromatic N) is 2. The lowest BCUT2D eigenvalue weighted by atomic mass is 10.0. The first kappa shape index (κ1) is 38.1. The molecule has 2 amide bonds. The van der Waals surface area contributed by atoms with Crippen LogP contribution in [-0.4, -0.2) is 65.1 Å². The number of methoxy groups -OCH3 is 2. The average Bonchev–Trinajstić information content (AvgIpc) is 3.13. The predicted molar refractivity (Wildman–Crippen MR) is 196 cm³/mol. The van der Waals surface area contributed by atoms with Crippen molar-refractivity contribution in [3.8, 4) is 17.2 Å². The van der Waals surface area contributed by atoms with Crippen molar-refractivity contribution in [1.29, 1.82) is 0 Å². The topological polar surface area (TPSA) is 114 Å². The van der Waals surface area contributed by atoms with Gasteiger partial charge >= 0.3 is 0 Å². The van der Waals surface area contributed by atoms with Gasteiger partial charge in [-0.05, 0) is 66.9 Å². The molecule has 0 unspecified atom stereocenters. The standard InChI is InChI=1S/C38H44ClN3O7S/c1-5-7-23-40-38(44)34(24-28-13-9-8-10-14-28)41(26-29-15-11-12-16-33(29)39)37(43)27-42(30-17-19-31(20-18-30)49-6-2)50(45,46)32-21-22-35(47-3)36(25-32)48-4/h8-22,25,34H,5-7,23-24,26-27H2,1-4H3,(H,40,44)/t34-/m0/s1. The molecule has 4 rings (SSSR count). The molecule has 0 aliphatic carbocycles. The van der Waals surface area contributed by atoms with Crippen molar-refractivity contribution in [3.63, 3.8) is 0 Å². The maximum atomic E-state index is 14.7. The van der Waals surface area contributed by atoms with E-state index in [1.807, 2.05) is 44.2 Å². The van der Waals surface area contributed by atoms with E-state index in [2.05, 4.69) is 5.32 Å². The molecule has 0 heterocycles. The summed E-state index contributed by atoms with van der Waals surface area (Å²) in [5.74, 6) is 0.142. The number of unbranched alkanes of at least 4 members (excludes halogenated alkanes) is 1. The van der Waals surface area contributed by atoms with Crippen LogP contribution < -0.4 is 23.8 Å². The number of ether oxygens (including phenoxy) is 3. The summed E-state index contributed by atoms with van der Waals surface area (Å²) < 4.78 is 46.3. The molecule has 12 heteroatoms. The van der Waals surface area contributed by atoms with Gasteiger partial charge in [-0.1, -0.05) is 73.5 Å². The third kappa shape index (κ3) is 9.70. The molecule has 4 aromatic carbocycles. The van der Waals surface area contributed by atoms with Gasteiger partial charge in [0.05, 0.1) is 31.4 Å². The summed E-state index contributed by atoms with van der Waals surface area (Å²) in [5, 5.41) is 3.40. The van der Waals surface area contributed by atoms with Crippen molar-refractivity contribution in [2.24, 2.45) is 0 Å². The fourth-order valence-corrected chi connectivity index (χ4v) is 7.00. The Balaban J connectivity index is 1.83. The minimum atomic E-state index is -4.39. The minimum absolute atomic E-state index is 0.0370. The number of amides is 2. The van der Waals surface area contributed by atoms with Gasteiger partial charge in [-0.2, -0.15) is 0 Å². The van der Waals surface area contributed by atoms with Gasteiger partial charge in [0.15, 0.2) is 11.5 Å². The number of hydrogen-bond donors (Lipinski definition) is 1. The number of carbonyl (C=O) groups excluding carboxylic acids is 2. The average molecular weight is 722 g/mol. The molecule has 0 saturated heterocycles. The molecule has 0 spiro atoms. The zero-order valence-electron chi connectivity index (χ0n) is 28.8. The summed E-state index contributed by atoms with van der Waals surface area (Å²) in [6.45, 7) is 4.06. The molecule has 266 valence electrons. The van der Waals surface area contributed by atoms with E-state index in [0.717, 1.165) is 22.7 Å². The maximum absolute atomic E-state index is 14.7. The Bertz CT molecular complexity index is 1820. The highest BCUT2D eigenvalue weighted by atomic mass is 35.5. The Morgan fingerprint density at radius 1 is 0.860 bits per heavy atom. The molecule has 1 N–H and O–H groups in total. The van der Waals surface area contributed by atoms with Gasteiger partial charge in [-0.25, -0.2) is 8.42 Å². The van der Waals surface area contributed by atoms with Crippen LogP contribution in [-0.2, 0) is 32.6 Å². The highest BCUT2D eigenvalue weighted by molar-refractivity contribution is 7.92. The van der Waals surface area contributed by atoms with Crippen LogP contribution in [0.3, 0.4) is 0 Å². The third-order valence-corrected chi connectivity index (χ3v) is 10.2. The lowest BCUT2D eigenvalue weighted by Gasteiger charge is -2.34. The van der Waals surface area contributed by atoms with Crippen LogP contribution in [0.5, 0.6) is 17.2 Å². The third-order valence-electron chi connectivity index (χ3n) is 8.06. The van der Waals surface area contributed by atoms with E-state index in [4.69, 9.17) is 25.8 Å². The maximum Gasteiger partial charge on any atom is 0.264 e. The lowest BCUT2D eigenvalue weighted by molar-refractivity contribution is -0.140. The molecule has 0 aliphatic rings. The van der Waals surface area contributed by atoms with Gasteiger partial charge in [-0.3, -0.25) is 13.9 Å². The number of nitrogens with one attached hydrogen (secondary N) is 1. The van der Waals surface area contributed by atoms with Gasteiger partial charge in [-0.15, -0.1) is 0 Å². The van der Waals surface area contributed by atoms with Gasteiger partial charge in [0, 0.05) is 30.6 Å². The second kappa shape index (κ2) is 18.3. The van der Waals surface area contributed by atoms with Gasteiger partial charge in [0.1, 0.15) is 18.3 Å². The number of hydrogen-bond acceptors (Lipinski definition) is 7. The molecule has 0 aliphatic heterocycles. The fraction of sp³-hybridized carbons (Fsp3) is 0.316. The van der Waals surface area contributed by atoms with Crippen molar-refractivity contribution in [2.45, 2.75) is 50.6 Å². The fourth-order valence-electron chi connectivity index (χ4n) is 5.38. The normalized spacial score (nSPS) is 11.7. The smallest absolute Gasteiger partial charge is 0.264 e. The second-order valence-electron chi connectivity index (χ2n) is 11.4. The quantitative estimate of drug-likeness (QED) is 0.117. The van der Waals surface area contributed by atoms with E-state index in [0.29, 0.717) is 35.2 Å². The number of sulfonamides is 1. The molecule has 4 aromatic rings. The summed E-state index contributed by atoms with van der Waals surface area (Å²) >= 11 is 6.59. The lowest BCUT2D eigenvalue weighted by Crippen LogP contribution is -2.53. The second-order valence-corrected chi connectivity index (χ2v) is 13.7. The van der Waals surface area contributed by atoms with Crippen LogP contribution in [0.1, 0.15) is 37.8 Å². The Labute approximate surface area is 300 Å². The Hall–Kier alpha value is -4.74. The summed E-state index contributed by atoms with van der Waals surface area (Å²) in [4.78, 5) is 29.9. The monoisotopic (exact) mass is 721 g/mol. The largest absolute Gasteiger partial charge is 0.494 e. The van der Waals surface area contributed by atoms with E-state index in [-0.39, 0.29) is 35.2 Å². The molecule has 50 heavy (non-hydrogen) atoms. The Morgan fingerprint density at radius 3 is 2.18 bits per heavy atom. The van der Waals surface area contributed by atoms with Crippen molar-refractivity contribution in [3.05, 3.63) is 113 Å². The molecule has 1 atom stereocenters. The molecular weight excluding hydrogens is 678 g/mol. The molecule has 0 radical (unpaired) electrons. The Kier molecular flexibility index (Phi) is 13.9. The summed E-state index contributed by atoms with van der Waals surface area (Å²) in [5.41, 5.74) is 1.67. The molecule has 0 saturated carbocycles. The van der Waals surface area contributed by atoms with Gasteiger partial charge in [0.2, 0.25) is 11.8 Å². The SMILES string of the molecule is CCCCNC(=O)[C@H](Cc1ccccc1)N(Cc1ccccc1Cl)C(=O)CN(c1ccc(OCC)cc1)S(=O)(=O)c1ccc(OC)c(OC)c1. The van der Waals surface area contributed by atoms with Crippen molar-refractivity contribution in [1.82, 2.24) is 10.2 Å². The molecular formula is C38H44ClN3O7S. The summed E-state index contributed by atoms with van der Waals surface area (Å²) in [6, 6.07) is 26.1. The first-order valence-corrected chi connectivity index (χ1v) is 18.3. The summed E-state index contributed by atoms with van der Waals surface area (Å²) in [6.07, 6.45) is 1.83. The number of carbonyl (C=O) groups is 2. The van der Waals surface area contributed by atoms with E-state index in [1.54, 1.807) is 48.5 Å². The van der Waals surface area contributed by atoms with Crippen molar-refractivity contribution < 1.29 is 32.2 Å². The summed E-state index contributed by atoms with van der Waals surface area (Å²) in [7, 11) is -1.52.